The second-order valence-electron chi connectivity index (χ2n) is 7.26. The van der Waals surface area contributed by atoms with Gasteiger partial charge in [0, 0.05) is 49.0 Å². The van der Waals surface area contributed by atoms with Crippen LogP contribution in [-0.2, 0) is 6.42 Å². The molecular formula is C21H21N5O3. The zero-order chi connectivity index (χ0) is 19.8. The van der Waals surface area contributed by atoms with Crippen molar-refractivity contribution in [2.24, 2.45) is 5.16 Å². The fraction of sp³-hybridized carbons (Fsp3) is 0.286. The number of carbonyl (C=O) groups excluding carboxylic acids is 1. The van der Waals surface area contributed by atoms with E-state index in [1.54, 1.807) is 17.3 Å². The largest absolute Gasteiger partial charge is 0.447 e. The van der Waals surface area contributed by atoms with Gasteiger partial charge in [-0.15, -0.1) is 0 Å². The number of benzene rings is 1. The van der Waals surface area contributed by atoms with Crippen LogP contribution in [0.5, 0.6) is 0 Å². The number of pyridine rings is 1. The lowest BCUT2D eigenvalue weighted by Crippen LogP contribution is -2.46. The summed E-state index contributed by atoms with van der Waals surface area (Å²) in [6.45, 7) is 2.84. The van der Waals surface area contributed by atoms with E-state index in [9.17, 15) is 4.79 Å². The van der Waals surface area contributed by atoms with Crippen molar-refractivity contribution < 1.29 is 14.4 Å². The lowest BCUT2D eigenvalue weighted by atomic mass is 10.1. The van der Waals surface area contributed by atoms with Gasteiger partial charge in [0.25, 0.3) is 5.91 Å². The molecule has 8 nitrogen and oxygen atoms in total. The van der Waals surface area contributed by atoms with E-state index in [1.807, 2.05) is 24.3 Å². The number of furan rings is 1. The molecule has 0 radical (unpaired) electrons. The van der Waals surface area contributed by atoms with Crippen LogP contribution in [0.2, 0.25) is 0 Å². The highest BCUT2D eigenvalue weighted by molar-refractivity contribution is 6.08. The van der Waals surface area contributed by atoms with E-state index in [-0.39, 0.29) is 5.91 Å². The van der Waals surface area contributed by atoms with Crippen molar-refractivity contribution in [2.45, 2.75) is 12.8 Å². The van der Waals surface area contributed by atoms with E-state index in [4.69, 9.17) is 9.62 Å². The van der Waals surface area contributed by atoms with Crippen molar-refractivity contribution >= 4 is 34.0 Å². The van der Waals surface area contributed by atoms with Crippen LogP contribution in [0.3, 0.4) is 0 Å². The lowest BCUT2D eigenvalue weighted by molar-refractivity contribution is 0.0707. The Balaban J connectivity index is 1.53. The molecule has 8 heteroatoms. The molecule has 2 aromatic heterocycles. The Kier molecular flexibility index (Phi) is 4.40. The van der Waals surface area contributed by atoms with Crippen molar-refractivity contribution in [3.63, 3.8) is 0 Å². The summed E-state index contributed by atoms with van der Waals surface area (Å²) in [6, 6.07) is 7.75. The molecular weight excluding hydrogens is 370 g/mol. The maximum Gasteiger partial charge on any atom is 0.291 e. The zero-order valence-electron chi connectivity index (χ0n) is 15.8. The summed E-state index contributed by atoms with van der Waals surface area (Å²) >= 11 is 0. The highest BCUT2D eigenvalue weighted by Crippen LogP contribution is 2.35. The number of nitrogens with zero attached hydrogens (tertiary/aromatic N) is 3. The fourth-order valence-corrected chi connectivity index (χ4v) is 4.03. The van der Waals surface area contributed by atoms with Crippen LogP contribution in [0.15, 0.2) is 46.2 Å². The Labute approximate surface area is 167 Å². The molecule has 1 aromatic carbocycles. The number of hydrogen-bond donors (Lipinski definition) is 3. The third kappa shape index (κ3) is 3.11. The van der Waals surface area contributed by atoms with E-state index >= 15 is 0 Å². The average Bonchev–Trinajstić information content (AvgIpc) is 3.35. The first-order chi connectivity index (χ1) is 14.2. The molecule has 1 saturated heterocycles. The number of amides is 1. The monoisotopic (exact) mass is 391 g/mol. The third-order valence-electron chi connectivity index (χ3n) is 5.53. The first-order valence-corrected chi connectivity index (χ1v) is 9.72. The van der Waals surface area contributed by atoms with Crippen LogP contribution in [0.25, 0.3) is 11.0 Å². The van der Waals surface area contributed by atoms with E-state index in [2.05, 4.69) is 20.8 Å². The van der Waals surface area contributed by atoms with Gasteiger partial charge in [-0.05, 0) is 36.6 Å². The van der Waals surface area contributed by atoms with Crippen molar-refractivity contribution in [3.05, 3.63) is 53.5 Å². The number of hydrogen-bond acceptors (Lipinski definition) is 7. The van der Waals surface area contributed by atoms with Gasteiger partial charge >= 0.3 is 0 Å². The Morgan fingerprint density at radius 1 is 1.24 bits per heavy atom. The van der Waals surface area contributed by atoms with E-state index in [1.165, 1.54) is 0 Å². The summed E-state index contributed by atoms with van der Waals surface area (Å²) in [5, 5.41) is 20.0. The molecule has 0 atom stereocenters. The Bertz CT molecular complexity index is 1110. The maximum absolute atomic E-state index is 13.1. The summed E-state index contributed by atoms with van der Waals surface area (Å²) in [5.41, 5.74) is 4.88. The molecule has 0 spiro atoms. The molecule has 3 N–H and O–H groups in total. The number of fused-ring (bicyclic) bond motifs is 2. The summed E-state index contributed by atoms with van der Waals surface area (Å²) in [7, 11) is 0. The number of piperazine rings is 1. The molecule has 2 aliphatic rings. The molecule has 1 aliphatic carbocycles. The molecule has 1 aliphatic heterocycles. The van der Waals surface area contributed by atoms with Gasteiger partial charge in [-0.2, -0.15) is 0 Å². The van der Waals surface area contributed by atoms with Gasteiger partial charge in [0.2, 0.25) is 5.76 Å². The molecule has 148 valence electrons. The smallest absolute Gasteiger partial charge is 0.291 e. The summed E-state index contributed by atoms with van der Waals surface area (Å²) in [5.74, 6) is 0.175. The van der Waals surface area contributed by atoms with E-state index in [0.717, 1.165) is 48.1 Å². The molecule has 3 aromatic rings. The van der Waals surface area contributed by atoms with Crippen LogP contribution in [0.1, 0.15) is 28.1 Å². The zero-order valence-corrected chi connectivity index (χ0v) is 15.8. The summed E-state index contributed by atoms with van der Waals surface area (Å²) < 4.78 is 5.92. The molecule has 0 bridgehead atoms. The van der Waals surface area contributed by atoms with Gasteiger partial charge in [-0.25, -0.2) is 0 Å². The van der Waals surface area contributed by atoms with Gasteiger partial charge < -0.3 is 25.2 Å². The van der Waals surface area contributed by atoms with Crippen LogP contribution in [0.4, 0.5) is 11.4 Å². The molecule has 3 heterocycles. The van der Waals surface area contributed by atoms with E-state index < -0.39 is 0 Å². The maximum atomic E-state index is 13.1. The fourth-order valence-electron chi connectivity index (χ4n) is 4.03. The van der Waals surface area contributed by atoms with Crippen LogP contribution >= 0.6 is 0 Å². The Hall–Kier alpha value is -3.39. The average molecular weight is 391 g/mol. The number of aryl methyl sites for hydroxylation is 1. The predicted octanol–water partition coefficient (Wildman–Crippen LogP) is 2.74. The van der Waals surface area contributed by atoms with Gasteiger partial charge in [-0.3, -0.25) is 9.78 Å². The second-order valence-corrected chi connectivity index (χ2v) is 7.26. The highest BCUT2D eigenvalue weighted by atomic mass is 16.4. The number of nitrogens with one attached hydrogen (secondary N) is 2. The van der Waals surface area contributed by atoms with Crippen molar-refractivity contribution in [1.82, 2.24) is 15.2 Å². The molecule has 1 amide bonds. The van der Waals surface area contributed by atoms with Crippen LogP contribution in [-0.4, -0.2) is 52.9 Å². The summed E-state index contributed by atoms with van der Waals surface area (Å²) in [6.07, 6.45) is 4.87. The Morgan fingerprint density at radius 2 is 2.10 bits per heavy atom. The molecule has 29 heavy (non-hydrogen) atoms. The molecule has 5 rings (SSSR count). The minimum absolute atomic E-state index is 0.124. The number of aromatic nitrogens is 1. The summed E-state index contributed by atoms with van der Waals surface area (Å²) in [4.78, 5) is 19.1. The Morgan fingerprint density at radius 3 is 2.93 bits per heavy atom. The predicted molar refractivity (Wildman–Crippen MR) is 109 cm³/mol. The topological polar surface area (TPSA) is 103 Å². The molecule has 0 unspecified atom stereocenters. The number of rotatable bonds is 3. The quantitative estimate of drug-likeness (QED) is 0.469. The first-order valence-electron chi connectivity index (χ1n) is 9.72. The SMILES string of the molecule is O=C(c1oc2cnccc2c1Nc1ccc2c(c1)CC/C2=N\O)N1CCNCC1. The first kappa shape index (κ1) is 17.7. The number of anilines is 2. The number of oxime groups is 1. The van der Waals surface area contributed by atoms with Gasteiger partial charge in [-0.1, -0.05) is 11.2 Å². The third-order valence-corrected chi connectivity index (χ3v) is 5.53. The van der Waals surface area contributed by atoms with Crippen molar-refractivity contribution in [2.75, 3.05) is 31.5 Å². The lowest BCUT2D eigenvalue weighted by Gasteiger charge is -2.26. The van der Waals surface area contributed by atoms with Crippen LogP contribution < -0.4 is 10.6 Å². The normalized spacial score (nSPS) is 17.7. The van der Waals surface area contributed by atoms with Crippen molar-refractivity contribution in [1.29, 1.82) is 0 Å². The highest BCUT2D eigenvalue weighted by Gasteiger charge is 2.27. The molecule has 1 fully saturated rings. The van der Waals surface area contributed by atoms with Crippen LogP contribution in [0, 0.1) is 0 Å². The van der Waals surface area contributed by atoms with Crippen molar-refractivity contribution in [3.8, 4) is 0 Å². The van der Waals surface area contributed by atoms with Gasteiger partial charge in [0.05, 0.1) is 17.6 Å². The molecule has 0 saturated carbocycles. The minimum Gasteiger partial charge on any atom is -0.447 e. The van der Waals surface area contributed by atoms with E-state index in [0.29, 0.717) is 35.8 Å². The minimum atomic E-state index is -0.124. The van der Waals surface area contributed by atoms with Gasteiger partial charge in [0.15, 0.2) is 5.58 Å². The second kappa shape index (κ2) is 7.21. The standard InChI is InChI=1S/C21H21N5O3/c27-21(26-9-7-22-8-10-26)20-19(16-5-6-23-12-18(16)29-20)24-14-2-3-15-13(11-14)1-4-17(15)25-28/h2-3,5-6,11-12,22,24,28H,1,4,7-10H2/b25-17+. The number of carbonyl (C=O) groups is 1. The van der Waals surface area contributed by atoms with Gasteiger partial charge in [0.1, 0.15) is 0 Å².